The van der Waals surface area contributed by atoms with Gasteiger partial charge >= 0.3 is 0 Å². The predicted molar refractivity (Wildman–Crippen MR) is 147 cm³/mol. The molecular weight excluding hydrogens is 482 g/mol. The highest BCUT2D eigenvalue weighted by Crippen LogP contribution is 2.53. The van der Waals surface area contributed by atoms with Gasteiger partial charge in [0.2, 0.25) is 11.8 Å². The van der Waals surface area contributed by atoms with Gasteiger partial charge in [-0.15, -0.1) is 21.5 Å². The molecule has 194 valence electrons. The number of likely N-dealkylation sites (tertiary alicyclic amines) is 1. The van der Waals surface area contributed by atoms with Crippen LogP contribution in [0.1, 0.15) is 78.9 Å². The van der Waals surface area contributed by atoms with E-state index < -0.39 is 0 Å². The van der Waals surface area contributed by atoms with Crippen LogP contribution in [0.2, 0.25) is 0 Å². The molecule has 1 aliphatic heterocycles. The highest BCUT2D eigenvalue weighted by Gasteiger charge is 2.46. The number of aromatic amines is 1. The van der Waals surface area contributed by atoms with E-state index in [1.165, 1.54) is 56.6 Å². The lowest BCUT2D eigenvalue weighted by Gasteiger charge is -2.30. The minimum absolute atomic E-state index is 0. The Morgan fingerprint density at radius 3 is 2.68 bits per heavy atom. The molecule has 0 radical (unpaired) electrons. The maximum Gasteiger partial charge on any atom is 0.230 e. The SMILES string of the molecule is Cc1nnc(CN2CC3C[C@H]2C[C@H]3c2sc3[nH]c(-c4cn5ncnc5c(C)c4C)c(C(C)C)c3c2C)o1.[HH]. The summed E-state index contributed by atoms with van der Waals surface area (Å²) in [5, 5.41) is 14.1. The Balaban J connectivity index is 0.00000264. The molecule has 1 aliphatic carbocycles. The second kappa shape index (κ2) is 8.23. The molecule has 6 heterocycles. The van der Waals surface area contributed by atoms with Crippen molar-refractivity contribution in [1.29, 1.82) is 0 Å². The van der Waals surface area contributed by atoms with E-state index in [0.29, 0.717) is 29.7 Å². The zero-order chi connectivity index (χ0) is 25.6. The molecule has 0 amide bonds. The Bertz CT molecular complexity index is 1660. The van der Waals surface area contributed by atoms with Crippen molar-refractivity contribution >= 4 is 27.2 Å². The fraction of sp³-hybridized carbons (Fsp3) is 0.500. The van der Waals surface area contributed by atoms with Crippen LogP contribution in [0.25, 0.3) is 27.1 Å². The van der Waals surface area contributed by atoms with Gasteiger partial charge in [-0.2, -0.15) is 5.10 Å². The number of piperidine rings is 1. The number of fused-ring (bicyclic) bond motifs is 4. The van der Waals surface area contributed by atoms with Crippen molar-refractivity contribution in [2.45, 2.75) is 78.8 Å². The smallest absolute Gasteiger partial charge is 0.230 e. The van der Waals surface area contributed by atoms with Gasteiger partial charge in [-0.05, 0) is 73.6 Å². The van der Waals surface area contributed by atoms with Crippen LogP contribution in [0.4, 0.5) is 0 Å². The minimum atomic E-state index is 0. The number of rotatable bonds is 5. The normalized spacial score (nSPS) is 22.0. The molecule has 1 unspecified atom stereocenters. The van der Waals surface area contributed by atoms with E-state index in [1.54, 1.807) is 11.2 Å². The van der Waals surface area contributed by atoms with Crippen molar-refractivity contribution in [1.82, 2.24) is 34.7 Å². The number of hydrogen-bond donors (Lipinski definition) is 1. The molecule has 2 fully saturated rings. The minimum Gasteiger partial charge on any atom is -0.424 e. The fourth-order valence-electron chi connectivity index (χ4n) is 6.98. The van der Waals surface area contributed by atoms with E-state index >= 15 is 0 Å². The molecule has 9 heteroatoms. The van der Waals surface area contributed by atoms with E-state index in [4.69, 9.17) is 4.42 Å². The first-order chi connectivity index (χ1) is 17.8. The molecule has 8 nitrogen and oxygen atoms in total. The molecule has 3 atom stereocenters. The topological polar surface area (TPSA) is 88.1 Å². The Hall–Kier alpha value is -3.04. The van der Waals surface area contributed by atoms with Gasteiger partial charge in [0, 0.05) is 43.0 Å². The lowest BCUT2D eigenvalue weighted by molar-refractivity contribution is 0.175. The molecule has 5 aromatic rings. The molecule has 2 bridgehead atoms. The van der Waals surface area contributed by atoms with Crippen LogP contribution in [-0.4, -0.2) is 47.3 Å². The van der Waals surface area contributed by atoms with Gasteiger partial charge in [0.25, 0.3) is 0 Å². The van der Waals surface area contributed by atoms with Gasteiger partial charge < -0.3 is 9.40 Å². The zero-order valence-corrected chi connectivity index (χ0v) is 23.1. The van der Waals surface area contributed by atoms with E-state index in [-0.39, 0.29) is 1.43 Å². The molecule has 0 aromatic carbocycles. The number of hydrogen-bond acceptors (Lipinski definition) is 7. The van der Waals surface area contributed by atoms with E-state index in [9.17, 15) is 0 Å². The molecule has 2 aliphatic rings. The predicted octanol–water partition coefficient (Wildman–Crippen LogP) is 6.30. The van der Waals surface area contributed by atoms with Crippen molar-refractivity contribution in [3.63, 3.8) is 0 Å². The zero-order valence-electron chi connectivity index (χ0n) is 22.3. The standard InChI is InChI=1S/C28H33N7OS.H2/c1-13(2)23-24-16(5)26(20-8-19-7-18(20)9-34(19)11-22-33-32-17(6)36-22)37-28(24)31-25(23)21-10-35-27(29-12-30-35)15(4)14(21)3;/h10,12-13,18-20,31H,7-9,11H2,1-6H3;1H/t18?,19-,20+;/m0./s1. The number of pyridine rings is 1. The Morgan fingerprint density at radius 1 is 1.14 bits per heavy atom. The first-order valence-electron chi connectivity index (χ1n) is 13.3. The summed E-state index contributed by atoms with van der Waals surface area (Å²) >= 11 is 1.98. The average molecular weight is 518 g/mol. The maximum atomic E-state index is 5.66. The molecule has 0 spiro atoms. The van der Waals surface area contributed by atoms with Gasteiger partial charge in [0.1, 0.15) is 11.2 Å². The van der Waals surface area contributed by atoms with Gasteiger partial charge in [0.05, 0.1) is 12.2 Å². The fourth-order valence-corrected chi connectivity index (χ4v) is 8.42. The second-order valence-corrected chi connectivity index (χ2v) is 12.4. The second-order valence-electron chi connectivity index (χ2n) is 11.3. The van der Waals surface area contributed by atoms with Gasteiger partial charge in [-0.1, -0.05) is 13.8 Å². The van der Waals surface area contributed by atoms with E-state index in [1.807, 2.05) is 22.8 Å². The molecular formula is C28H35N7OS. The first kappa shape index (κ1) is 23.1. The van der Waals surface area contributed by atoms with Gasteiger partial charge in [0.15, 0.2) is 5.65 Å². The molecule has 5 aromatic heterocycles. The maximum absolute atomic E-state index is 5.66. The summed E-state index contributed by atoms with van der Waals surface area (Å²) in [5.41, 5.74) is 8.72. The molecule has 1 saturated heterocycles. The van der Waals surface area contributed by atoms with Crippen molar-refractivity contribution in [3.8, 4) is 11.3 Å². The number of nitrogens with one attached hydrogen (secondary N) is 1. The monoisotopic (exact) mass is 517 g/mol. The largest absolute Gasteiger partial charge is 0.424 e. The highest BCUT2D eigenvalue weighted by atomic mass is 32.1. The Morgan fingerprint density at radius 2 is 1.97 bits per heavy atom. The third-order valence-corrected chi connectivity index (χ3v) is 10.2. The summed E-state index contributed by atoms with van der Waals surface area (Å²) in [7, 11) is 0. The summed E-state index contributed by atoms with van der Waals surface area (Å²) < 4.78 is 7.56. The van der Waals surface area contributed by atoms with Crippen molar-refractivity contribution in [2.75, 3.05) is 6.54 Å². The van der Waals surface area contributed by atoms with Crippen molar-refractivity contribution in [2.24, 2.45) is 5.92 Å². The van der Waals surface area contributed by atoms with Gasteiger partial charge in [-0.25, -0.2) is 9.50 Å². The number of aryl methyl sites for hydroxylation is 3. The summed E-state index contributed by atoms with van der Waals surface area (Å²) in [6.07, 6.45) is 6.25. The van der Waals surface area contributed by atoms with E-state index in [0.717, 1.165) is 24.6 Å². The van der Waals surface area contributed by atoms with E-state index in [2.05, 4.69) is 71.0 Å². The number of thiophene rings is 1. The molecule has 37 heavy (non-hydrogen) atoms. The molecule has 1 N–H and O–H groups in total. The average Bonchev–Trinajstić information content (AvgIpc) is 3.68. The van der Waals surface area contributed by atoms with Crippen molar-refractivity contribution in [3.05, 3.63) is 51.4 Å². The first-order valence-corrected chi connectivity index (χ1v) is 14.1. The molecule has 1 saturated carbocycles. The summed E-state index contributed by atoms with van der Waals surface area (Å²) in [4.78, 5) is 13.8. The lowest BCUT2D eigenvalue weighted by Crippen LogP contribution is -2.34. The molecule has 7 rings (SSSR count). The van der Waals surface area contributed by atoms with Crippen LogP contribution in [0.15, 0.2) is 16.9 Å². The third-order valence-electron chi connectivity index (χ3n) is 8.83. The third kappa shape index (κ3) is 3.43. The number of nitrogens with zero attached hydrogens (tertiary/aromatic N) is 6. The highest BCUT2D eigenvalue weighted by molar-refractivity contribution is 7.19. The summed E-state index contributed by atoms with van der Waals surface area (Å²) in [5.74, 6) is 3.12. The Kier molecular flexibility index (Phi) is 5.14. The summed E-state index contributed by atoms with van der Waals surface area (Å²) in [6.45, 7) is 15.1. The van der Waals surface area contributed by atoms with Crippen LogP contribution >= 0.6 is 11.3 Å². The number of H-pyrrole nitrogens is 1. The van der Waals surface area contributed by atoms with Crippen LogP contribution in [0.3, 0.4) is 0 Å². The lowest BCUT2D eigenvalue weighted by atomic mass is 9.88. The van der Waals surface area contributed by atoms with Crippen LogP contribution in [0.5, 0.6) is 0 Å². The van der Waals surface area contributed by atoms with Crippen molar-refractivity contribution < 1.29 is 5.84 Å². The summed E-state index contributed by atoms with van der Waals surface area (Å²) in [6, 6.07) is 0.599. The van der Waals surface area contributed by atoms with Crippen LogP contribution in [-0.2, 0) is 6.54 Å². The number of aromatic nitrogens is 6. The van der Waals surface area contributed by atoms with Crippen LogP contribution in [0, 0.1) is 33.6 Å². The Labute approximate surface area is 221 Å². The van der Waals surface area contributed by atoms with Gasteiger partial charge in [-0.3, -0.25) is 4.90 Å². The quantitative estimate of drug-likeness (QED) is 0.294. The van der Waals surface area contributed by atoms with Crippen LogP contribution < -0.4 is 0 Å².